The summed E-state index contributed by atoms with van der Waals surface area (Å²) in [6.07, 6.45) is 4.08. The molecule has 0 aliphatic carbocycles. The minimum atomic E-state index is -0.0467. The van der Waals surface area contributed by atoms with Crippen molar-refractivity contribution >= 4 is 16.7 Å². The fourth-order valence-corrected chi connectivity index (χ4v) is 3.61. The third-order valence-corrected chi connectivity index (χ3v) is 5.15. The summed E-state index contributed by atoms with van der Waals surface area (Å²) in [6.45, 7) is 3.71. The molecular weight excluding hydrogens is 354 g/mol. The van der Waals surface area contributed by atoms with Crippen LogP contribution < -0.4 is 16.2 Å². The monoisotopic (exact) mass is 380 g/mol. The molecule has 7 heteroatoms. The molecule has 2 heterocycles. The summed E-state index contributed by atoms with van der Waals surface area (Å²) < 4.78 is 13.2. The number of guanidine groups is 1. The highest BCUT2D eigenvalue weighted by Crippen LogP contribution is 2.30. The second-order valence-electron chi connectivity index (χ2n) is 7.16. The lowest BCUT2D eigenvalue weighted by Crippen LogP contribution is -2.35. The molecule has 0 unspecified atom stereocenters. The summed E-state index contributed by atoms with van der Waals surface area (Å²) >= 11 is 0. The van der Waals surface area contributed by atoms with Crippen molar-refractivity contribution in [3.8, 4) is 17.1 Å². The van der Waals surface area contributed by atoms with Gasteiger partial charge in [0.15, 0.2) is 6.04 Å². The van der Waals surface area contributed by atoms with E-state index in [1.165, 1.54) is 0 Å². The summed E-state index contributed by atoms with van der Waals surface area (Å²) in [5, 5.41) is 6.40. The van der Waals surface area contributed by atoms with Crippen molar-refractivity contribution in [1.82, 2.24) is 10.1 Å². The maximum atomic E-state index is 5.79. The minimum absolute atomic E-state index is 0.0467. The zero-order chi connectivity index (χ0) is 19.5. The molecule has 0 spiro atoms. The fourth-order valence-electron chi connectivity index (χ4n) is 3.61. The van der Waals surface area contributed by atoms with Crippen molar-refractivity contribution in [3.63, 3.8) is 0 Å². The standard InChI is InChI=1S/C21H25N5O2/c1-2-3-11-27-17-9-8-14-12-16(7-6-15(14)13-17)19-24-20(28-25-19)18-5-4-10-26(18)21(22)23/h6-9,12-13,18H,2-5,10-11H2,1H3,(H3,22,23)/p+1/t18-/m0/s1. The first-order valence-electron chi connectivity index (χ1n) is 9.81. The van der Waals surface area contributed by atoms with E-state index < -0.39 is 0 Å². The van der Waals surface area contributed by atoms with Gasteiger partial charge in [-0.3, -0.25) is 16.0 Å². The van der Waals surface area contributed by atoms with Crippen LogP contribution in [-0.4, -0.2) is 33.8 Å². The van der Waals surface area contributed by atoms with Crippen LogP contribution >= 0.6 is 0 Å². The molecule has 0 bridgehead atoms. The molecule has 1 saturated heterocycles. The Hall–Kier alpha value is -3.09. The summed E-state index contributed by atoms with van der Waals surface area (Å²) in [6, 6.07) is 12.2. The topological polar surface area (TPSA) is 103 Å². The Labute approximate surface area is 164 Å². The lowest BCUT2D eigenvalue weighted by molar-refractivity contribution is -0.555. The number of benzene rings is 2. The molecule has 1 atom stereocenters. The average Bonchev–Trinajstić information content (AvgIpc) is 3.37. The molecule has 7 nitrogen and oxygen atoms in total. The normalized spacial score (nSPS) is 16.6. The summed E-state index contributed by atoms with van der Waals surface area (Å²) in [7, 11) is 0. The van der Waals surface area contributed by atoms with Gasteiger partial charge in [-0.05, 0) is 48.2 Å². The highest BCUT2D eigenvalue weighted by molar-refractivity contribution is 5.87. The van der Waals surface area contributed by atoms with E-state index in [0.717, 1.165) is 60.9 Å². The van der Waals surface area contributed by atoms with E-state index in [2.05, 4.69) is 41.3 Å². The predicted molar refractivity (Wildman–Crippen MR) is 108 cm³/mol. The van der Waals surface area contributed by atoms with Crippen LogP contribution in [0, 0.1) is 0 Å². The number of unbranched alkanes of at least 4 members (excludes halogenated alkanes) is 1. The van der Waals surface area contributed by atoms with Crippen LogP contribution in [0.1, 0.15) is 44.5 Å². The van der Waals surface area contributed by atoms with Gasteiger partial charge in [0, 0.05) is 5.56 Å². The van der Waals surface area contributed by atoms with E-state index in [1.54, 1.807) is 0 Å². The zero-order valence-corrected chi connectivity index (χ0v) is 16.1. The van der Waals surface area contributed by atoms with Gasteiger partial charge in [-0.25, -0.2) is 0 Å². The maximum Gasteiger partial charge on any atom is 0.341 e. The van der Waals surface area contributed by atoms with Crippen LogP contribution in [-0.2, 0) is 0 Å². The van der Waals surface area contributed by atoms with Gasteiger partial charge >= 0.3 is 5.96 Å². The number of nitrogens with zero attached hydrogens (tertiary/aromatic N) is 3. The van der Waals surface area contributed by atoms with Crippen molar-refractivity contribution in [2.75, 3.05) is 13.2 Å². The van der Waals surface area contributed by atoms with Crippen molar-refractivity contribution in [3.05, 3.63) is 42.3 Å². The maximum absolute atomic E-state index is 5.79. The number of nitrogens with two attached hydrogens (primary N) is 2. The molecule has 1 aliphatic heterocycles. The van der Waals surface area contributed by atoms with Gasteiger partial charge < -0.3 is 9.26 Å². The number of rotatable bonds is 6. The number of hydrogen-bond donors (Lipinski definition) is 2. The molecular formula is C21H26N5O2+. The molecule has 1 fully saturated rings. The Morgan fingerprint density at radius 1 is 1.21 bits per heavy atom. The Morgan fingerprint density at radius 2 is 2.04 bits per heavy atom. The van der Waals surface area contributed by atoms with Crippen LogP contribution in [0.25, 0.3) is 22.2 Å². The number of ether oxygens (including phenoxy) is 1. The van der Waals surface area contributed by atoms with Gasteiger partial charge in [-0.15, -0.1) is 0 Å². The van der Waals surface area contributed by atoms with Gasteiger partial charge in [-0.1, -0.05) is 36.7 Å². The van der Waals surface area contributed by atoms with Gasteiger partial charge in [0.2, 0.25) is 5.82 Å². The fraction of sp³-hybridized carbons (Fsp3) is 0.381. The molecule has 0 amide bonds. The molecule has 146 valence electrons. The van der Waals surface area contributed by atoms with Crippen molar-refractivity contribution in [2.45, 2.75) is 38.6 Å². The van der Waals surface area contributed by atoms with Gasteiger partial charge in [0.1, 0.15) is 5.75 Å². The molecule has 2 aromatic carbocycles. The molecule has 1 aromatic heterocycles. The Morgan fingerprint density at radius 3 is 2.86 bits per heavy atom. The summed E-state index contributed by atoms with van der Waals surface area (Å²) in [5.41, 5.74) is 12.5. The third-order valence-electron chi connectivity index (χ3n) is 5.15. The second kappa shape index (κ2) is 7.88. The van der Waals surface area contributed by atoms with Crippen LogP contribution in [0.4, 0.5) is 0 Å². The molecule has 0 radical (unpaired) electrons. The number of fused-ring (bicyclic) bond motifs is 1. The first-order chi connectivity index (χ1) is 13.7. The van der Waals surface area contributed by atoms with Gasteiger partial charge in [0.25, 0.3) is 5.89 Å². The molecule has 28 heavy (non-hydrogen) atoms. The second-order valence-corrected chi connectivity index (χ2v) is 7.16. The smallest absolute Gasteiger partial charge is 0.341 e. The van der Waals surface area contributed by atoms with E-state index in [9.17, 15) is 0 Å². The third kappa shape index (κ3) is 3.65. The Balaban J connectivity index is 1.57. The van der Waals surface area contributed by atoms with Crippen LogP contribution in [0.2, 0.25) is 0 Å². The number of hydrogen-bond acceptors (Lipinski definition) is 4. The number of aromatic nitrogens is 2. The molecule has 0 saturated carbocycles. The largest absolute Gasteiger partial charge is 0.494 e. The van der Waals surface area contributed by atoms with Crippen LogP contribution in [0.3, 0.4) is 0 Å². The Bertz CT molecular complexity index is 1010. The quantitative estimate of drug-likeness (QED) is 0.387. The Kier molecular flexibility index (Phi) is 5.14. The summed E-state index contributed by atoms with van der Waals surface area (Å²) in [4.78, 5) is 4.60. The average molecular weight is 380 g/mol. The van der Waals surface area contributed by atoms with E-state index in [-0.39, 0.29) is 6.04 Å². The van der Waals surface area contributed by atoms with Gasteiger partial charge in [-0.2, -0.15) is 4.98 Å². The molecule has 4 rings (SSSR count). The highest BCUT2D eigenvalue weighted by Gasteiger charge is 2.31. The van der Waals surface area contributed by atoms with E-state index >= 15 is 0 Å². The SMILES string of the molecule is CCCCOc1ccc2cc(-c3noc([C@@H]4CCC[N+]4=C(N)N)n3)ccc2c1. The first kappa shape index (κ1) is 18.3. The molecule has 1 aliphatic rings. The highest BCUT2D eigenvalue weighted by atomic mass is 16.5. The summed E-state index contributed by atoms with van der Waals surface area (Å²) in [5.74, 6) is 2.32. The van der Waals surface area contributed by atoms with Crippen molar-refractivity contribution in [1.29, 1.82) is 0 Å². The minimum Gasteiger partial charge on any atom is -0.494 e. The first-order valence-corrected chi connectivity index (χ1v) is 9.81. The molecule has 3 aromatic rings. The van der Waals surface area contributed by atoms with Crippen molar-refractivity contribution in [2.24, 2.45) is 11.5 Å². The lowest BCUT2D eigenvalue weighted by Gasteiger charge is -2.07. The van der Waals surface area contributed by atoms with E-state index in [1.807, 2.05) is 16.7 Å². The zero-order valence-electron chi connectivity index (χ0n) is 16.1. The lowest BCUT2D eigenvalue weighted by atomic mass is 10.1. The van der Waals surface area contributed by atoms with Crippen molar-refractivity contribution < 1.29 is 13.8 Å². The van der Waals surface area contributed by atoms with Crippen LogP contribution in [0.15, 0.2) is 40.9 Å². The van der Waals surface area contributed by atoms with Crippen LogP contribution in [0.5, 0.6) is 5.75 Å². The molecule has 4 N–H and O–H groups in total. The van der Waals surface area contributed by atoms with E-state index in [4.69, 9.17) is 20.7 Å². The van der Waals surface area contributed by atoms with Gasteiger partial charge in [0.05, 0.1) is 13.2 Å². The predicted octanol–water partition coefficient (Wildman–Crippen LogP) is 3.19. The van der Waals surface area contributed by atoms with E-state index in [0.29, 0.717) is 17.7 Å².